The molecule has 3 N–H and O–H groups in total. The van der Waals surface area contributed by atoms with Crippen LogP contribution >= 0.6 is 11.3 Å². The van der Waals surface area contributed by atoms with E-state index in [2.05, 4.69) is 17.1 Å². The Labute approximate surface area is 124 Å². The number of nitrogens with one attached hydrogen (secondary N) is 1. The highest BCUT2D eigenvalue weighted by atomic mass is 32.1. The van der Waals surface area contributed by atoms with Crippen molar-refractivity contribution in [3.63, 3.8) is 0 Å². The van der Waals surface area contributed by atoms with Crippen molar-refractivity contribution in [1.82, 2.24) is 9.80 Å². The van der Waals surface area contributed by atoms with Crippen molar-refractivity contribution < 1.29 is 4.79 Å². The number of thiophene rings is 1. The highest BCUT2D eigenvalue weighted by molar-refractivity contribution is 7.18. The number of nitrogens with zero attached hydrogens (tertiary/aromatic N) is 2. The molecule has 0 radical (unpaired) electrons. The second-order valence-electron chi connectivity index (χ2n) is 5.52. The largest absolute Gasteiger partial charge is 0.397 e. The third-order valence-corrected chi connectivity index (χ3v) is 4.84. The second-order valence-corrected chi connectivity index (χ2v) is 6.58. The molecule has 1 unspecified atom stereocenters. The summed E-state index contributed by atoms with van der Waals surface area (Å²) in [6.07, 6.45) is 1.24. The van der Waals surface area contributed by atoms with Crippen LogP contribution in [0.3, 0.4) is 0 Å². The van der Waals surface area contributed by atoms with Crippen LogP contribution < -0.4 is 11.1 Å². The first-order valence-corrected chi connectivity index (χ1v) is 7.90. The Kier molecular flexibility index (Phi) is 4.88. The number of carbonyl (C=O) groups is 1. The molecule has 1 aromatic heterocycles. The van der Waals surface area contributed by atoms with E-state index in [1.807, 2.05) is 6.07 Å². The Bertz CT molecular complexity index is 472. The summed E-state index contributed by atoms with van der Waals surface area (Å²) >= 11 is 1.44. The van der Waals surface area contributed by atoms with E-state index in [1.165, 1.54) is 24.3 Å². The molecule has 6 heteroatoms. The van der Waals surface area contributed by atoms with Gasteiger partial charge in [-0.05, 0) is 31.5 Å². The summed E-state index contributed by atoms with van der Waals surface area (Å²) < 4.78 is 0. The van der Waals surface area contributed by atoms with Crippen molar-refractivity contribution >= 4 is 27.9 Å². The van der Waals surface area contributed by atoms with Crippen molar-refractivity contribution in [2.75, 3.05) is 51.3 Å². The van der Waals surface area contributed by atoms with E-state index in [9.17, 15) is 4.79 Å². The van der Waals surface area contributed by atoms with Crippen LogP contribution in [0.5, 0.6) is 0 Å². The minimum atomic E-state index is -0.0291. The lowest BCUT2D eigenvalue weighted by atomic mass is 10.1. The molecule has 1 fully saturated rings. The first-order chi connectivity index (χ1) is 9.51. The Balaban J connectivity index is 1.91. The van der Waals surface area contributed by atoms with E-state index in [4.69, 9.17) is 5.73 Å². The molecular formula is C14H24N4OS. The van der Waals surface area contributed by atoms with Gasteiger partial charge in [0, 0.05) is 27.2 Å². The maximum Gasteiger partial charge on any atom is 0.265 e. The predicted octanol–water partition coefficient (Wildman–Crippen LogP) is 1.79. The number of rotatable bonds is 5. The topological polar surface area (TPSA) is 61.6 Å². The summed E-state index contributed by atoms with van der Waals surface area (Å²) in [5.41, 5.74) is 6.49. The van der Waals surface area contributed by atoms with Crippen LogP contribution in [0, 0.1) is 5.92 Å². The number of likely N-dealkylation sites (tertiary alicyclic amines) is 1. The first-order valence-electron chi connectivity index (χ1n) is 7.08. The van der Waals surface area contributed by atoms with Crippen molar-refractivity contribution in [3.8, 4) is 0 Å². The minimum Gasteiger partial charge on any atom is -0.397 e. The summed E-state index contributed by atoms with van der Waals surface area (Å²) in [6.45, 7) is 6.64. The van der Waals surface area contributed by atoms with Crippen LogP contribution in [0.1, 0.15) is 23.0 Å². The average molecular weight is 296 g/mol. The summed E-state index contributed by atoms with van der Waals surface area (Å²) in [4.78, 5) is 16.6. The lowest BCUT2D eigenvalue weighted by molar-refractivity contribution is 0.0833. The van der Waals surface area contributed by atoms with Gasteiger partial charge in [-0.1, -0.05) is 6.92 Å². The molecule has 1 amide bonds. The quantitative estimate of drug-likeness (QED) is 0.869. The molecule has 1 saturated heterocycles. The van der Waals surface area contributed by atoms with Crippen molar-refractivity contribution in [2.45, 2.75) is 13.3 Å². The maximum absolute atomic E-state index is 11.9. The maximum atomic E-state index is 11.9. The molecule has 0 aromatic carbocycles. The van der Waals surface area contributed by atoms with E-state index >= 15 is 0 Å². The monoisotopic (exact) mass is 296 g/mol. The van der Waals surface area contributed by atoms with Crippen LogP contribution in [0.15, 0.2) is 6.07 Å². The molecule has 0 saturated carbocycles. The number of anilines is 2. The van der Waals surface area contributed by atoms with Gasteiger partial charge in [-0.3, -0.25) is 4.79 Å². The molecule has 1 aliphatic heterocycles. The van der Waals surface area contributed by atoms with Crippen LogP contribution in [-0.4, -0.2) is 56.0 Å². The van der Waals surface area contributed by atoms with Gasteiger partial charge in [-0.2, -0.15) is 0 Å². The SMILES string of the molecule is CCN1CCC(CNc2cc(N)c(C(=O)N(C)C)s2)C1. The van der Waals surface area contributed by atoms with E-state index in [0.717, 1.165) is 24.6 Å². The molecule has 2 rings (SSSR count). The molecule has 1 aromatic rings. The molecular weight excluding hydrogens is 272 g/mol. The third-order valence-electron chi connectivity index (χ3n) is 3.74. The van der Waals surface area contributed by atoms with Crippen molar-refractivity contribution in [3.05, 3.63) is 10.9 Å². The van der Waals surface area contributed by atoms with Gasteiger partial charge in [-0.15, -0.1) is 11.3 Å². The van der Waals surface area contributed by atoms with Gasteiger partial charge in [0.1, 0.15) is 4.88 Å². The Morgan fingerprint density at radius 1 is 1.60 bits per heavy atom. The number of nitrogen functional groups attached to an aromatic ring is 1. The van der Waals surface area contributed by atoms with E-state index in [-0.39, 0.29) is 5.91 Å². The molecule has 0 aliphatic carbocycles. The van der Waals surface area contributed by atoms with Gasteiger partial charge >= 0.3 is 0 Å². The molecule has 0 bridgehead atoms. The van der Waals surface area contributed by atoms with Gasteiger partial charge in [0.25, 0.3) is 5.91 Å². The highest BCUT2D eigenvalue weighted by Gasteiger charge is 2.21. The van der Waals surface area contributed by atoms with E-state index in [0.29, 0.717) is 16.5 Å². The molecule has 20 heavy (non-hydrogen) atoms. The molecule has 2 heterocycles. The fraction of sp³-hybridized carbons (Fsp3) is 0.643. The van der Waals surface area contributed by atoms with Gasteiger partial charge in [0.15, 0.2) is 0 Å². The average Bonchev–Trinajstić information content (AvgIpc) is 3.01. The van der Waals surface area contributed by atoms with Gasteiger partial charge < -0.3 is 20.9 Å². The normalized spacial score (nSPS) is 19.2. The van der Waals surface area contributed by atoms with Gasteiger partial charge in [0.2, 0.25) is 0 Å². The fourth-order valence-corrected chi connectivity index (χ4v) is 3.48. The fourth-order valence-electron chi connectivity index (χ4n) is 2.47. The summed E-state index contributed by atoms with van der Waals surface area (Å²) in [7, 11) is 3.49. The van der Waals surface area contributed by atoms with Gasteiger partial charge in [0.05, 0.1) is 10.7 Å². The molecule has 1 atom stereocenters. The first kappa shape index (κ1) is 15.1. The van der Waals surface area contributed by atoms with Crippen molar-refractivity contribution in [1.29, 1.82) is 0 Å². The van der Waals surface area contributed by atoms with Crippen molar-refractivity contribution in [2.24, 2.45) is 5.92 Å². The molecule has 0 spiro atoms. The zero-order valence-corrected chi connectivity index (χ0v) is 13.3. The van der Waals surface area contributed by atoms with Crippen LogP contribution in [-0.2, 0) is 0 Å². The molecule has 5 nitrogen and oxygen atoms in total. The Hall–Kier alpha value is -1.27. The number of carbonyl (C=O) groups excluding carboxylic acids is 1. The Morgan fingerprint density at radius 3 is 2.95 bits per heavy atom. The summed E-state index contributed by atoms with van der Waals surface area (Å²) in [5, 5.41) is 4.42. The number of hydrogen-bond donors (Lipinski definition) is 2. The number of hydrogen-bond acceptors (Lipinski definition) is 5. The summed E-state index contributed by atoms with van der Waals surface area (Å²) in [5.74, 6) is 0.657. The van der Waals surface area contributed by atoms with E-state index in [1.54, 1.807) is 19.0 Å². The zero-order valence-electron chi connectivity index (χ0n) is 12.5. The van der Waals surface area contributed by atoms with E-state index < -0.39 is 0 Å². The lowest BCUT2D eigenvalue weighted by Gasteiger charge is -2.13. The zero-order chi connectivity index (χ0) is 14.7. The third kappa shape index (κ3) is 3.43. The number of nitrogens with two attached hydrogens (primary N) is 1. The van der Waals surface area contributed by atoms with Crippen LogP contribution in [0.2, 0.25) is 0 Å². The molecule has 112 valence electrons. The standard InChI is InChI=1S/C14H24N4OS/c1-4-18-6-5-10(9-18)8-16-12-7-11(15)13(20-12)14(19)17(2)3/h7,10,16H,4-6,8-9,15H2,1-3H3. The minimum absolute atomic E-state index is 0.0291. The molecule has 1 aliphatic rings. The predicted molar refractivity (Wildman–Crippen MR) is 85.5 cm³/mol. The number of amides is 1. The van der Waals surface area contributed by atoms with Crippen LogP contribution in [0.25, 0.3) is 0 Å². The summed E-state index contributed by atoms with van der Waals surface area (Å²) in [6, 6.07) is 1.87. The second kappa shape index (κ2) is 6.45. The Morgan fingerprint density at radius 2 is 2.35 bits per heavy atom. The lowest BCUT2D eigenvalue weighted by Crippen LogP contribution is -2.22. The highest BCUT2D eigenvalue weighted by Crippen LogP contribution is 2.30. The van der Waals surface area contributed by atoms with Crippen LogP contribution in [0.4, 0.5) is 10.7 Å². The smallest absolute Gasteiger partial charge is 0.265 e. The van der Waals surface area contributed by atoms with Gasteiger partial charge in [-0.25, -0.2) is 0 Å².